The van der Waals surface area contributed by atoms with Gasteiger partial charge in [0.25, 0.3) is 0 Å². The first kappa shape index (κ1) is 19.7. The number of rotatable bonds is 5. The van der Waals surface area contributed by atoms with Gasteiger partial charge in [0.2, 0.25) is 11.8 Å². The monoisotopic (exact) mass is 424 g/mol. The van der Waals surface area contributed by atoms with Crippen molar-refractivity contribution in [2.45, 2.75) is 50.7 Å². The number of anilines is 1. The Kier molecular flexibility index (Phi) is 4.77. The van der Waals surface area contributed by atoms with Crippen LogP contribution in [0.1, 0.15) is 39.0 Å². The second-order valence-electron chi connectivity index (χ2n) is 8.21. The number of ether oxygens (including phenoxy) is 1. The first-order valence-electron chi connectivity index (χ1n) is 10.5. The Hall–Kier alpha value is -3.20. The summed E-state index contributed by atoms with van der Waals surface area (Å²) >= 11 is 0. The molecule has 1 fully saturated rings. The van der Waals surface area contributed by atoms with Crippen molar-refractivity contribution >= 4 is 22.6 Å². The summed E-state index contributed by atoms with van der Waals surface area (Å²) in [4.78, 5) is 16.4. The number of aromatic amines is 1. The highest BCUT2D eigenvalue weighted by atomic mass is 19.1. The molecule has 1 aliphatic rings. The fourth-order valence-corrected chi connectivity index (χ4v) is 4.41. The molecule has 31 heavy (non-hydrogen) atoms. The van der Waals surface area contributed by atoms with E-state index in [1.807, 2.05) is 13.1 Å². The van der Waals surface area contributed by atoms with E-state index in [2.05, 4.69) is 25.3 Å². The smallest absolute Gasteiger partial charge is 0.228 e. The van der Waals surface area contributed by atoms with Crippen molar-refractivity contribution in [3.05, 3.63) is 36.7 Å². The third kappa shape index (κ3) is 3.48. The third-order valence-corrected chi connectivity index (χ3v) is 6.35. The summed E-state index contributed by atoms with van der Waals surface area (Å²) in [6.45, 7) is 2.02. The topological polar surface area (TPSA) is 100 Å². The summed E-state index contributed by atoms with van der Waals surface area (Å²) < 4.78 is 21.7. The molecule has 4 heterocycles. The highest BCUT2D eigenvalue weighted by molar-refractivity contribution is 5.97. The Morgan fingerprint density at radius 3 is 2.90 bits per heavy atom. The van der Waals surface area contributed by atoms with Crippen molar-refractivity contribution in [2.24, 2.45) is 0 Å². The fourth-order valence-electron chi connectivity index (χ4n) is 4.41. The maximum absolute atomic E-state index is 14.5. The Morgan fingerprint density at radius 1 is 1.35 bits per heavy atom. The van der Waals surface area contributed by atoms with Gasteiger partial charge < -0.3 is 24.5 Å². The fraction of sp³-hybridized carbons (Fsp3) is 0.409. The van der Waals surface area contributed by atoms with E-state index >= 15 is 0 Å². The Morgan fingerprint density at radius 2 is 2.16 bits per heavy atom. The molecule has 0 spiro atoms. The number of hydrogen-bond acceptors (Lipinski definition) is 6. The molecule has 0 aromatic carbocycles. The van der Waals surface area contributed by atoms with Gasteiger partial charge in [-0.05, 0) is 38.2 Å². The van der Waals surface area contributed by atoms with Gasteiger partial charge in [-0.1, -0.05) is 6.92 Å². The molecule has 0 bridgehead atoms. The van der Waals surface area contributed by atoms with Crippen molar-refractivity contribution in [3.63, 3.8) is 0 Å². The van der Waals surface area contributed by atoms with E-state index in [4.69, 9.17) is 4.74 Å². The van der Waals surface area contributed by atoms with E-state index < -0.39 is 11.4 Å². The number of imidazole rings is 1. The molecule has 4 aromatic rings. The molecule has 1 saturated carbocycles. The Balaban J connectivity index is 1.48. The number of nitrogens with one attached hydrogen (secondary N) is 2. The molecule has 0 aliphatic heterocycles. The predicted molar refractivity (Wildman–Crippen MR) is 116 cm³/mol. The van der Waals surface area contributed by atoms with Crippen LogP contribution in [0.2, 0.25) is 0 Å². The summed E-state index contributed by atoms with van der Waals surface area (Å²) in [5.74, 6) is 0.482. The van der Waals surface area contributed by atoms with Crippen LogP contribution in [-0.2, 0) is 0 Å². The Labute approximate surface area is 178 Å². The molecular formula is C22H25FN6O2. The molecule has 0 amide bonds. The van der Waals surface area contributed by atoms with E-state index in [9.17, 15) is 9.50 Å². The average Bonchev–Trinajstić information content (AvgIpc) is 3.42. The van der Waals surface area contributed by atoms with E-state index in [0.717, 1.165) is 37.7 Å². The summed E-state index contributed by atoms with van der Waals surface area (Å²) in [6.07, 6.45) is 10.9. The van der Waals surface area contributed by atoms with Crippen LogP contribution in [0.25, 0.3) is 27.8 Å². The molecule has 8 nitrogen and oxygen atoms in total. The summed E-state index contributed by atoms with van der Waals surface area (Å²) in [5, 5.41) is 14.5. The molecule has 162 valence electrons. The number of fused-ring (bicyclic) bond motifs is 2. The van der Waals surface area contributed by atoms with Gasteiger partial charge in [0, 0.05) is 42.0 Å². The minimum absolute atomic E-state index is 0.196. The molecule has 0 saturated heterocycles. The number of methoxy groups -OCH3 is 1. The predicted octanol–water partition coefficient (Wildman–Crippen LogP) is 3.92. The van der Waals surface area contributed by atoms with Crippen LogP contribution >= 0.6 is 0 Å². The second kappa shape index (κ2) is 7.49. The Bertz CT molecular complexity index is 1240. The number of H-pyrrole nitrogens is 1. The zero-order chi connectivity index (χ0) is 21.6. The second-order valence-corrected chi connectivity index (χ2v) is 8.21. The summed E-state index contributed by atoms with van der Waals surface area (Å²) in [6, 6.07) is 1.65. The van der Waals surface area contributed by atoms with Crippen LogP contribution in [0.4, 0.5) is 10.3 Å². The molecule has 0 unspecified atom stereocenters. The first-order chi connectivity index (χ1) is 15.0. The van der Waals surface area contributed by atoms with Crippen LogP contribution in [0, 0.1) is 5.82 Å². The standard InChI is InChI=1S/C22H25FN6O2/c1-3-22(30)6-4-14(5-7-22)26-21-27-18-17(20(28-21)31-2)15(11-25-18)13-10-16(23)19-24-8-9-29(19)12-13/h8-12,14,30H,3-7H2,1-2H3,(H2,25,26,27,28). The van der Waals surface area contributed by atoms with Crippen molar-refractivity contribution in [2.75, 3.05) is 12.4 Å². The molecule has 0 atom stereocenters. The van der Waals surface area contributed by atoms with Crippen molar-refractivity contribution in [1.29, 1.82) is 0 Å². The van der Waals surface area contributed by atoms with Gasteiger partial charge in [-0.15, -0.1) is 0 Å². The first-order valence-corrected chi connectivity index (χ1v) is 10.5. The molecule has 5 rings (SSSR count). The van der Waals surface area contributed by atoms with Gasteiger partial charge in [0.1, 0.15) is 5.65 Å². The van der Waals surface area contributed by atoms with Gasteiger partial charge >= 0.3 is 0 Å². The van der Waals surface area contributed by atoms with Gasteiger partial charge in [-0.3, -0.25) is 0 Å². The number of nitrogens with zero attached hydrogens (tertiary/aromatic N) is 4. The van der Waals surface area contributed by atoms with Crippen LogP contribution in [-0.4, -0.2) is 48.2 Å². The van der Waals surface area contributed by atoms with Crippen LogP contribution < -0.4 is 10.1 Å². The minimum atomic E-state index is -0.555. The maximum Gasteiger partial charge on any atom is 0.228 e. The lowest BCUT2D eigenvalue weighted by atomic mass is 9.80. The van der Waals surface area contributed by atoms with Crippen molar-refractivity contribution < 1.29 is 14.2 Å². The third-order valence-electron chi connectivity index (χ3n) is 6.35. The molecule has 1 aliphatic carbocycles. The lowest BCUT2D eigenvalue weighted by Gasteiger charge is -2.35. The quantitative estimate of drug-likeness (QED) is 0.449. The van der Waals surface area contributed by atoms with Gasteiger partial charge in [0.15, 0.2) is 11.5 Å². The van der Waals surface area contributed by atoms with E-state index in [-0.39, 0.29) is 11.7 Å². The van der Waals surface area contributed by atoms with Crippen LogP contribution in [0.15, 0.2) is 30.9 Å². The van der Waals surface area contributed by atoms with Gasteiger partial charge in [-0.25, -0.2) is 9.37 Å². The highest BCUT2D eigenvalue weighted by Crippen LogP contribution is 2.36. The molecule has 3 N–H and O–H groups in total. The SMILES string of the molecule is CCC1(O)CCC(Nc2nc(OC)c3c(-c4cc(F)c5nccn5c4)c[nH]c3n2)CC1. The number of halogens is 1. The maximum atomic E-state index is 14.5. The normalized spacial score (nSPS) is 21.6. The van der Waals surface area contributed by atoms with E-state index in [1.165, 1.54) is 6.07 Å². The number of aromatic nitrogens is 5. The zero-order valence-corrected chi connectivity index (χ0v) is 17.5. The molecule has 0 radical (unpaired) electrons. The van der Waals surface area contributed by atoms with Crippen molar-refractivity contribution in [3.8, 4) is 17.0 Å². The van der Waals surface area contributed by atoms with E-state index in [0.29, 0.717) is 28.4 Å². The van der Waals surface area contributed by atoms with Gasteiger partial charge in [0.05, 0.1) is 18.1 Å². The largest absolute Gasteiger partial charge is 0.480 e. The highest BCUT2D eigenvalue weighted by Gasteiger charge is 2.31. The van der Waals surface area contributed by atoms with Crippen LogP contribution in [0.5, 0.6) is 5.88 Å². The van der Waals surface area contributed by atoms with Crippen molar-refractivity contribution in [1.82, 2.24) is 24.3 Å². The average molecular weight is 424 g/mol. The van der Waals surface area contributed by atoms with Crippen LogP contribution in [0.3, 0.4) is 0 Å². The lowest BCUT2D eigenvalue weighted by Crippen LogP contribution is -2.38. The zero-order valence-electron chi connectivity index (χ0n) is 17.5. The molecule has 9 heteroatoms. The van der Waals surface area contributed by atoms with Gasteiger partial charge in [-0.2, -0.15) is 9.97 Å². The van der Waals surface area contributed by atoms with E-state index in [1.54, 1.807) is 30.1 Å². The summed E-state index contributed by atoms with van der Waals surface area (Å²) in [7, 11) is 1.56. The number of pyridine rings is 1. The lowest BCUT2D eigenvalue weighted by molar-refractivity contribution is -0.00198. The minimum Gasteiger partial charge on any atom is -0.480 e. The summed E-state index contributed by atoms with van der Waals surface area (Å²) in [5.41, 5.74) is 1.75. The number of hydrogen-bond donors (Lipinski definition) is 3. The molecule has 4 aromatic heterocycles. The number of aliphatic hydroxyl groups is 1. The molecular weight excluding hydrogens is 399 g/mol.